The normalized spacial score (nSPS) is 16.5. The van der Waals surface area contributed by atoms with E-state index < -0.39 is 0 Å². The zero-order valence-corrected chi connectivity index (χ0v) is 11.1. The summed E-state index contributed by atoms with van der Waals surface area (Å²) in [5.74, 6) is 1.04. The van der Waals surface area contributed by atoms with Crippen molar-refractivity contribution in [2.75, 3.05) is 6.61 Å². The number of ether oxygens (including phenoxy) is 1. The van der Waals surface area contributed by atoms with Gasteiger partial charge >= 0.3 is 0 Å². The third kappa shape index (κ3) is 3.22. The predicted octanol–water partition coefficient (Wildman–Crippen LogP) is 3.45. The van der Waals surface area contributed by atoms with Crippen molar-refractivity contribution in [3.05, 3.63) is 29.3 Å². The molecule has 0 spiro atoms. The lowest BCUT2D eigenvalue weighted by Gasteiger charge is -2.21. The van der Waals surface area contributed by atoms with Crippen LogP contribution in [-0.2, 0) is 6.42 Å². The van der Waals surface area contributed by atoms with Gasteiger partial charge in [0, 0.05) is 12.5 Å². The standard InChI is InChI=1S/C15H23NO/c1-15(2,3)8-6-13(16)11-4-5-14-12(10-11)7-9-17-14/h4-5,10,13H,6-9,16H2,1-3H3. The Kier molecular flexibility index (Phi) is 3.43. The first-order valence-electron chi connectivity index (χ1n) is 6.47. The van der Waals surface area contributed by atoms with Crippen LogP contribution >= 0.6 is 0 Å². The summed E-state index contributed by atoms with van der Waals surface area (Å²) in [5.41, 5.74) is 9.18. The van der Waals surface area contributed by atoms with Gasteiger partial charge in [-0.05, 0) is 35.4 Å². The molecule has 1 unspecified atom stereocenters. The zero-order chi connectivity index (χ0) is 12.5. The van der Waals surface area contributed by atoms with Crippen molar-refractivity contribution in [1.29, 1.82) is 0 Å². The van der Waals surface area contributed by atoms with Gasteiger partial charge in [0.2, 0.25) is 0 Å². The molecule has 0 saturated carbocycles. The van der Waals surface area contributed by atoms with E-state index in [9.17, 15) is 0 Å². The second-order valence-electron chi connectivity index (χ2n) is 6.17. The molecule has 1 aliphatic heterocycles. The Morgan fingerprint density at radius 1 is 1.35 bits per heavy atom. The van der Waals surface area contributed by atoms with Gasteiger partial charge in [-0.1, -0.05) is 32.9 Å². The van der Waals surface area contributed by atoms with Crippen LogP contribution in [0.1, 0.15) is 50.8 Å². The average Bonchev–Trinajstić information content (AvgIpc) is 2.71. The Morgan fingerprint density at radius 2 is 2.12 bits per heavy atom. The molecule has 1 aromatic carbocycles. The zero-order valence-electron chi connectivity index (χ0n) is 11.1. The molecule has 2 N–H and O–H groups in total. The molecule has 0 saturated heterocycles. The van der Waals surface area contributed by atoms with E-state index in [2.05, 4.69) is 39.0 Å². The smallest absolute Gasteiger partial charge is 0.122 e. The van der Waals surface area contributed by atoms with E-state index in [4.69, 9.17) is 10.5 Å². The number of rotatable bonds is 3. The molecule has 0 radical (unpaired) electrons. The summed E-state index contributed by atoms with van der Waals surface area (Å²) in [4.78, 5) is 0. The molecule has 1 aromatic rings. The Labute approximate surface area is 104 Å². The highest BCUT2D eigenvalue weighted by atomic mass is 16.5. The second kappa shape index (κ2) is 4.69. The average molecular weight is 233 g/mol. The van der Waals surface area contributed by atoms with Gasteiger partial charge in [0.05, 0.1) is 6.61 Å². The van der Waals surface area contributed by atoms with Crippen molar-refractivity contribution in [2.45, 2.75) is 46.1 Å². The summed E-state index contributed by atoms with van der Waals surface area (Å²) in [6.45, 7) is 7.60. The minimum atomic E-state index is 0.153. The van der Waals surface area contributed by atoms with Crippen molar-refractivity contribution < 1.29 is 4.74 Å². The van der Waals surface area contributed by atoms with Crippen molar-refractivity contribution >= 4 is 0 Å². The van der Waals surface area contributed by atoms with Gasteiger partial charge in [-0.15, -0.1) is 0 Å². The van der Waals surface area contributed by atoms with Crippen LogP contribution in [0.25, 0.3) is 0 Å². The summed E-state index contributed by atoms with van der Waals surface area (Å²) < 4.78 is 5.51. The molecule has 0 bridgehead atoms. The molecule has 0 amide bonds. The third-order valence-electron chi connectivity index (χ3n) is 3.35. The van der Waals surface area contributed by atoms with Gasteiger partial charge in [-0.2, -0.15) is 0 Å². The van der Waals surface area contributed by atoms with Crippen LogP contribution in [0.5, 0.6) is 5.75 Å². The van der Waals surface area contributed by atoms with Crippen molar-refractivity contribution in [2.24, 2.45) is 11.1 Å². The monoisotopic (exact) mass is 233 g/mol. The largest absolute Gasteiger partial charge is 0.493 e. The SMILES string of the molecule is CC(C)(C)CCC(N)c1ccc2c(c1)CCO2. The Hall–Kier alpha value is -1.02. The molecule has 0 fully saturated rings. The van der Waals surface area contributed by atoms with Crippen LogP contribution in [0.4, 0.5) is 0 Å². The number of nitrogens with two attached hydrogens (primary N) is 1. The molecule has 94 valence electrons. The second-order valence-corrected chi connectivity index (χ2v) is 6.17. The summed E-state index contributed by atoms with van der Waals surface area (Å²) >= 11 is 0. The maximum atomic E-state index is 6.26. The lowest BCUT2D eigenvalue weighted by molar-refractivity contribution is 0.349. The molecule has 1 heterocycles. The van der Waals surface area contributed by atoms with Crippen LogP contribution in [0.15, 0.2) is 18.2 Å². The molecule has 1 atom stereocenters. The van der Waals surface area contributed by atoms with E-state index in [1.54, 1.807) is 0 Å². The van der Waals surface area contributed by atoms with Crippen molar-refractivity contribution in [3.8, 4) is 5.75 Å². The molecule has 0 aromatic heterocycles. The van der Waals surface area contributed by atoms with Crippen LogP contribution in [-0.4, -0.2) is 6.61 Å². The summed E-state index contributed by atoms with van der Waals surface area (Å²) in [6, 6.07) is 6.54. The van der Waals surface area contributed by atoms with E-state index in [1.807, 2.05) is 0 Å². The fourth-order valence-corrected chi connectivity index (χ4v) is 2.19. The first-order chi connectivity index (χ1) is 7.96. The molecule has 2 heteroatoms. The fourth-order valence-electron chi connectivity index (χ4n) is 2.19. The van der Waals surface area contributed by atoms with Crippen LogP contribution < -0.4 is 10.5 Å². The summed E-state index contributed by atoms with van der Waals surface area (Å²) in [5, 5.41) is 0. The maximum absolute atomic E-state index is 6.26. The third-order valence-corrected chi connectivity index (χ3v) is 3.35. The lowest BCUT2D eigenvalue weighted by atomic mass is 9.87. The maximum Gasteiger partial charge on any atom is 0.122 e. The molecule has 1 aliphatic rings. The van der Waals surface area contributed by atoms with Crippen molar-refractivity contribution in [3.63, 3.8) is 0 Å². The molecule has 2 nitrogen and oxygen atoms in total. The van der Waals surface area contributed by atoms with E-state index >= 15 is 0 Å². The number of fused-ring (bicyclic) bond motifs is 1. The van der Waals surface area contributed by atoms with E-state index in [0.29, 0.717) is 5.41 Å². The number of hydrogen-bond acceptors (Lipinski definition) is 2. The summed E-state index contributed by atoms with van der Waals surface area (Å²) in [6.07, 6.45) is 3.22. The van der Waals surface area contributed by atoms with Gasteiger partial charge in [0.25, 0.3) is 0 Å². The minimum absolute atomic E-state index is 0.153. The highest BCUT2D eigenvalue weighted by molar-refractivity contribution is 5.40. The minimum Gasteiger partial charge on any atom is -0.493 e. The van der Waals surface area contributed by atoms with E-state index in [1.165, 1.54) is 11.1 Å². The molecule has 0 aliphatic carbocycles. The van der Waals surface area contributed by atoms with Gasteiger partial charge < -0.3 is 10.5 Å². The Morgan fingerprint density at radius 3 is 2.82 bits per heavy atom. The van der Waals surface area contributed by atoms with Gasteiger partial charge in [0.15, 0.2) is 0 Å². The lowest BCUT2D eigenvalue weighted by Crippen LogP contribution is -2.14. The predicted molar refractivity (Wildman–Crippen MR) is 71.3 cm³/mol. The highest BCUT2D eigenvalue weighted by Gasteiger charge is 2.17. The number of hydrogen-bond donors (Lipinski definition) is 1. The highest BCUT2D eigenvalue weighted by Crippen LogP contribution is 2.30. The molecule has 17 heavy (non-hydrogen) atoms. The topological polar surface area (TPSA) is 35.2 Å². The quantitative estimate of drug-likeness (QED) is 0.868. The van der Waals surface area contributed by atoms with E-state index in [0.717, 1.165) is 31.6 Å². The Bertz CT molecular complexity index is 392. The van der Waals surface area contributed by atoms with Gasteiger partial charge in [-0.25, -0.2) is 0 Å². The first kappa shape index (κ1) is 12.4. The molecular weight excluding hydrogens is 210 g/mol. The van der Waals surface area contributed by atoms with Crippen LogP contribution in [0, 0.1) is 5.41 Å². The van der Waals surface area contributed by atoms with Gasteiger partial charge in [-0.3, -0.25) is 0 Å². The first-order valence-corrected chi connectivity index (χ1v) is 6.47. The molecular formula is C15H23NO. The van der Waals surface area contributed by atoms with Crippen LogP contribution in [0.2, 0.25) is 0 Å². The number of benzene rings is 1. The van der Waals surface area contributed by atoms with Gasteiger partial charge in [0.1, 0.15) is 5.75 Å². The fraction of sp³-hybridized carbons (Fsp3) is 0.600. The summed E-state index contributed by atoms with van der Waals surface area (Å²) in [7, 11) is 0. The molecule has 2 rings (SSSR count). The van der Waals surface area contributed by atoms with Crippen LogP contribution in [0.3, 0.4) is 0 Å². The van der Waals surface area contributed by atoms with Crippen molar-refractivity contribution in [1.82, 2.24) is 0 Å². The Balaban J connectivity index is 2.02. The van der Waals surface area contributed by atoms with E-state index in [-0.39, 0.29) is 6.04 Å².